The van der Waals surface area contributed by atoms with Gasteiger partial charge in [0.2, 0.25) is 0 Å². The van der Waals surface area contributed by atoms with Crippen molar-refractivity contribution in [3.8, 4) is 0 Å². The molecule has 0 spiro atoms. The van der Waals surface area contributed by atoms with E-state index in [-0.39, 0.29) is 5.97 Å². The Balaban J connectivity index is 0. The smallest absolute Gasteiger partial charge is 0.302 e. The van der Waals surface area contributed by atoms with E-state index >= 15 is 0 Å². The summed E-state index contributed by atoms with van der Waals surface area (Å²) >= 11 is 0. The Morgan fingerprint density at radius 3 is 1.82 bits per heavy atom. The number of esters is 1. The minimum absolute atomic E-state index is 0.182. The highest BCUT2D eigenvalue weighted by atomic mass is 16.5. The first kappa shape index (κ1) is 18.7. The van der Waals surface area contributed by atoms with Crippen molar-refractivity contribution in [3.63, 3.8) is 0 Å². The maximum atomic E-state index is 10.1. The molecule has 0 atom stereocenters. The van der Waals surface area contributed by atoms with Gasteiger partial charge in [0.05, 0.1) is 33.0 Å². The lowest BCUT2D eigenvalue weighted by Gasteiger charge is -2.00. The summed E-state index contributed by atoms with van der Waals surface area (Å²) in [5.41, 5.74) is 0. The number of unbranched alkanes of at least 4 members (excludes halogenated alkanes) is 1. The summed E-state index contributed by atoms with van der Waals surface area (Å²) in [5.74, 6) is -0.182. The van der Waals surface area contributed by atoms with Crippen molar-refractivity contribution >= 4 is 5.97 Å². The van der Waals surface area contributed by atoms with Crippen molar-refractivity contribution in [3.05, 3.63) is 0 Å². The van der Waals surface area contributed by atoms with E-state index in [4.69, 9.17) is 14.2 Å². The number of rotatable bonds is 9. The molecule has 0 amide bonds. The monoisotopic (exact) mass is 250 g/mol. The highest BCUT2D eigenvalue weighted by Gasteiger charge is 1.88. The molecular weight excluding hydrogens is 224 g/mol. The number of hydrogen-bond acceptors (Lipinski definition) is 5. The van der Waals surface area contributed by atoms with Crippen LogP contribution in [0.4, 0.5) is 0 Å². The van der Waals surface area contributed by atoms with Crippen LogP contribution in [0.3, 0.4) is 0 Å². The van der Waals surface area contributed by atoms with Crippen molar-refractivity contribution < 1.29 is 23.7 Å². The van der Waals surface area contributed by atoms with Crippen LogP contribution in [0.25, 0.3) is 0 Å². The summed E-state index contributed by atoms with van der Waals surface area (Å²) in [6, 6.07) is 0. The Labute approximate surface area is 104 Å². The number of hydrogen-bond donors (Lipinski definition) is 0. The third kappa shape index (κ3) is 25.5. The van der Waals surface area contributed by atoms with Crippen LogP contribution in [0.15, 0.2) is 0 Å². The molecule has 0 bridgehead atoms. The molecule has 0 radical (unpaired) electrons. The predicted octanol–water partition coefficient (Wildman–Crippen LogP) is 1.65. The molecule has 0 aliphatic heterocycles. The molecule has 0 aliphatic carbocycles. The summed E-state index contributed by atoms with van der Waals surface area (Å²) in [4.78, 5) is 10.1. The van der Waals surface area contributed by atoms with Crippen molar-refractivity contribution in [2.75, 3.05) is 47.3 Å². The number of methoxy groups -OCH3 is 2. The summed E-state index contributed by atoms with van der Waals surface area (Å²) < 4.78 is 19.2. The molecule has 5 nitrogen and oxygen atoms in total. The number of carbonyl (C=O) groups excluding carboxylic acids is 1. The molecular formula is C12H26O5. The quantitative estimate of drug-likeness (QED) is 0.460. The second-order valence-electron chi connectivity index (χ2n) is 3.29. The molecule has 0 N–H and O–H groups in total. The molecule has 5 heteroatoms. The number of ether oxygens (including phenoxy) is 4. The normalized spacial score (nSPS) is 9.41. The van der Waals surface area contributed by atoms with Crippen LogP contribution in [0.5, 0.6) is 0 Å². The molecule has 0 unspecified atom stereocenters. The van der Waals surface area contributed by atoms with Crippen molar-refractivity contribution in [1.29, 1.82) is 0 Å². The van der Waals surface area contributed by atoms with Gasteiger partial charge in [-0.1, -0.05) is 13.3 Å². The molecule has 0 fully saturated rings. The van der Waals surface area contributed by atoms with E-state index in [9.17, 15) is 4.79 Å². The molecule has 17 heavy (non-hydrogen) atoms. The van der Waals surface area contributed by atoms with Crippen LogP contribution in [0, 0.1) is 0 Å². The van der Waals surface area contributed by atoms with E-state index in [0.29, 0.717) is 33.0 Å². The van der Waals surface area contributed by atoms with Crippen molar-refractivity contribution in [2.45, 2.75) is 26.7 Å². The van der Waals surface area contributed by atoms with Crippen LogP contribution in [0.2, 0.25) is 0 Å². The Bertz CT molecular complexity index is 144. The summed E-state index contributed by atoms with van der Waals surface area (Å²) in [5, 5.41) is 0. The highest BCUT2D eigenvalue weighted by molar-refractivity contribution is 5.65. The lowest BCUT2D eigenvalue weighted by Crippen LogP contribution is -2.06. The van der Waals surface area contributed by atoms with Gasteiger partial charge in [0.15, 0.2) is 0 Å². The zero-order valence-electron chi connectivity index (χ0n) is 11.5. The van der Waals surface area contributed by atoms with Gasteiger partial charge in [0.25, 0.3) is 0 Å². The Kier molecular flexibility index (Phi) is 19.5. The zero-order chi connectivity index (χ0) is 13.4. The minimum atomic E-state index is -0.182. The van der Waals surface area contributed by atoms with Crippen LogP contribution >= 0.6 is 0 Å². The van der Waals surface area contributed by atoms with E-state index in [2.05, 4.69) is 11.7 Å². The van der Waals surface area contributed by atoms with Gasteiger partial charge in [-0.25, -0.2) is 0 Å². The van der Waals surface area contributed by atoms with E-state index < -0.39 is 0 Å². The molecule has 0 rings (SSSR count). The second-order valence-corrected chi connectivity index (χ2v) is 3.29. The summed E-state index contributed by atoms with van der Waals surface area (Å²) in [6.07, 6.45) is 2.05. The highest BCUT2D eigenvalue weighted by Crippen LogP contribution is 1.86. The third-order valence-corrected chi connectivity index (χ3v) is 1.67. The molecule has 0 aromatic carbocycles. The SMILES string of the molecule is CCCCOC(C)=O.COCCOCCOC. The van der Waals surface area contributed by atoms with Gasteiger partial charge in [-0.3, -0.25) is 4.79 Å². The average molecular weight is 250 g/mol. The fourth-order valence-corrected chi connectivity index (χ4v) is 0.747. The van der Waals surface area contributed by atoms with E-state index in [1.54, 1.807) is 14.2 Å². The predicted molar refractivity (Wildman–Crippen MR) is 66.1 cm³/mol. The van der Waals surface area contributed by atoms with Gasteiger partial charge in [0.1, 0.15) is 0 Å². The van der Waals surface area contributed by atoms with Gasteiger partial charge in [-0.2, -0.15) is 0 Å². The first-order valence-electron chi connectivity index (χ1n) is 5.88. The van der Waals surface area contributed by atoms with E-state index in [1.807, 2.05) is 0 Å². The third-order valence-electron chi connectivity index (χ3n) is 1.67. The lowest BCUT2D eigenvalue weighted by molar-refractivity contribution is -0.141. The first-order chi connectivity index (χ1) is 8.18. The average Bonchev–Trinajstić information content (AvgIpc) is 2.30. The first-order valence-corrected chi connectivity index (χ1v) is 5.88. The Hall–Kier alpha value is -0.650. The van der Waals surface area contributed by atoms with Gasteiger partial charge in [0, 0.05) is 21.1 Å². The molecule has 0 saturated heterocycles. The van der Waals surface area contributed by atoms with Gasteiger partial charge >= 0.3 is 5.97 Å². The topological polar surface area (TPSA) is 54.0 Å². The van der Waals surface area contributed by atoms with Crippen LogP contribution in [0.1, 0.15) is 26.7 Å². The molecule has 0 aliphatic rings. The molecule has 0 heterocycles. The van der Waals surface area contributed by atoms with Crippen LogP contribution in [-0.4, -0.2) is 53.2 Å². The number of carbonyl (C=O) groups is 1. The van der Waals surface area contributed by atoms with Gasteiger partial charge in [-0.05, 0) is 6.42 Å². The van der Waals surface area contributed by atoms with Gasteiger partial charge < -0.3 is 18.9 Å². The Morgan fingerprint density at radius 1 is 0.941 bits per heavy atom. The summed E-state index contributed by atoms with van der Waals surface area (Å²) in [7, 11) is 3.30. The Morgan fingerprint density at radius 2 is 1.47 bits per heavy atom. The lowest BCUT2D eigenvalue weighted by atomic mass is 10.4. The molecule has 0 aromatic rings. The molecule has 0 aromatic heterocycles. The maximum absolute atomic E-state index is 10.1. The van der Waals surface area contributed by atoms with Crippen molar-refractivity contribution in [2.24, 2.45) is 0 Å². The van der Waals surface area contributed by atoms with E-state index in [1.165, 1.54) is 6.92 Å². The minimum Gasteiger partial charge on any atom is -0.466 e. The second kappa shape index (κ2) is 17.7. The standard InChI is InChI=1S/C6H14O3.C6H12O2/c1-7-3-5-9-6-4-8-2;1-3-4-5-8-6(2)7/h3-6H2,1-2H3;3-5H2,1-2H3. The van der Waals surface area contributed by atoms with Gasteiger partial charge in [-0.15, -0.1) is 0 Å². The summed E-state index contributed by atoms with van der Waals surface area (Å²) in [6.45, 7) is 6.68. The zero-order valence-corrected chi connectivity index (χ0v) is 11.5. The van der Waals surface area contributed by atoms with Crippen LogP contribution < -0.4 is 0 Å². The van der Waals surface area contributed by atoms with E-state index in [0.717, 1.165) is 12.8 Å². The maximum Gasteiger partial charge on any atom is 0.302 e. The molecule has 0 saturated carbocycles. The van der Waals surface area contributed by atoms with Crippen molar-refractivity contribution in [1.82, 2.24) is 0 Å². The fraction of sp³-hybridized carbons (Fsp3) is 0.917. The largest absolute Gasteiger partial charge is 0.466 e. The van der Waals surface area contributed by atoms with Crippen LogP contribution in [-0.2, 0) is 23.7 Å². The fourth-order valence-electron chi connectivity index (χ4n) is 0.747. The molecule has 104 valence electrons.